The maximum absolute atomic E-state index is 13.5. The highest BCUT2D eigenvalue weighted by Crippen LogP contribution is 2.41. The molecule has 1 amide bonds. The van der Waals surface area contributed by atoms with Gasteiger partial charge in [-0.15, -0.1) is 0 Å². The molecule has 5 rings (SSSR count). The van der Waals surface area contributed by atoms with E-state index in [0.717, 1.165) is 29.7 Å². The molecule has 6 nitrogen and oxygen atoms in total. The standard InChI is InChI=1S/C29H31FN2O4/c1-34-25-16-22-12-13-32(29(21-6-4-3-5-7-21)24(22)17-26(25)35-2)19-28(33)31-14-15-36-27(18-31)20-8-10-23(30)11-9-20/h3-11,16-17,27,29H,12-15,18-19H2,1-2H3. The minimum atomic E-state index is -0.283. The second kappa shape index (κ2) is 10.7. The predicted molar refractivity (Wildman–Crippen MR) is 135 cm³/mol. The third kappa shape index (κ3) is 4.94. The molecule has 1 fully saturated rings. The van der Waals surface area contributed by atoms with Crippen LogP contribution >= 0.6 is 0 Å². The zero-order chi connectivity index (χ0) is 25.1. The molecule has 3 aromatic rings. The number of ether oxygens (including phenoxy) is 3. The number of rotatable bonds is 6. The van der Waals surface area contributed by atoms with Crippen LogP contribution in [-0.2, 0) is 16.0 Å². The maximum atomic E-state index is 13.5. The van der Waals surface area contributed by atoms with E-state index in [9.17, 15) is 9.18 Å². The number of hydrogen-bond donors (Lipinski definition) is 0. The third-order valence-electron chi connectivity index (χ3n) is 7.09. The Labute approximate surface area is 211 Å². The minimum Gasteiger partial charge on any atom is -0.493 e. The van der Waals surface area contributed by atoms with E-state index in [1.54, 1.807) is 26.4 Å². The SMILES string of the molecule is COc1cc2c(cc1OC)C(c1ccccc1)N(CC(=O)N1CCOC(c3ccc(F)cc3)C1)CC2. The molecule has 0 saturated carbocycles. The van der Waals surface area contributed by atoms with Crippen molar-refractivity contribution < 1.29 is 23.4 Å². The van der Waals surface area contributed by atoms with Crippen molar-refractivity contribution in [2.75, 3.05) is 47.0 Å². The average molecular weight is 491 g/mol. The van der Waals surface area contributed by atoms with E-state index in [4.69, 9.17) is 14.2 Å². The number of amides is 1. The Morgan fingerprint density at radius 3 is 2.42 bits per heavy atom. The van der Waals surface area contributed by atoms with Crippen molar-refractivity contribution >= 4 is 5.91 Å². The van der Waals surface area contributed by atoms with Gasteiger partial charge in [-0.2, -0.15) is 0 Å². The number of hydrogen-bond acceptors (Lipinski definition) is 5. The van der Waals surface area contributed by atoms with E-state index < -0.39 is 0 Å². The maximum Gasteiger partial charge on any atom is 0.236 e. The molecule has 188 valence electrons. The Balaban J connectivity index is 1.39. The summed E-state index contributed by atoms with van der Waals surface area (Å²) in [5, 5.41) is 0. The zero-order valence-corrected chi connectivity index (χ0v) is 20.7. The first kappa shape index (κ1) is 24.3. The quantitative estimate of drug-likeness (QED) is 0.513. The number of fused-ring (bicyclic) bond motifs is 1. The molecule has 2 unspecified atom stereocenters. The van der Waals surface area contributed by atoms with Gasteiger partial charge in [0.05, 0.1) is 40.0 Å². The first-order chi connectivity index (χ1) is 17.6. The van der Waals surface area contributed by atoms with Crippen LogP contribution in [0, 0.1) is 5.82 Å². The Morgan fingerprint density at radius 2 is 1.69 bits per heavy atom. The zero-order valence-electron chi connectivity index (χ0n) is 20.7. The van der Waals surface area contributed by atoms with Gasteiger partial charge in [-0.3, -0.25) is 9.69 Å². The van der Waals surface area contributed by atoms with E-state index >= 15 is 0 Å². The molecule has 36 heavy (non-hydrogen) atoms. The Kier molecular flexibility index (Phi) is 7.20. The van der Waals surface area contributed by atoms with Gasteiger partial charge in [0.2, 0.25) is 5.91 Å². The van der Waals surface area contributed by atoms with Gasteiger partial charge in [0.25, 0.3) is 0 Å². The lowest BCUT2D eigenvalue weighted by Crippen LogP contribution is -2.48. The van der Waals surface area contributed by atoms with Gasteiger partial charge >= 0.3 is 0 Å². The normalized spacial score (nSPS) is 20.0. The molecule has 2 aliphatic rings. The van der Waals surface area contributed by atoms with Crippen molar-refractivity contribution in [1.29, 1.82) is 0 Å². The first-order valence-electron chi connectivity index (χ1n) is 12.3. The molecule has 3 aromatic carbocycles. The van der Waals surface area contributed by atoms with Crippen LogP contribution in [0.1, 0.15) is 34.4 Å². The van der Waals surface area contributed by atoms with Crippen molar-refractivity contribution in [3.05, 3.63) is 94.8 Å². The van der Waals surface area contributed by atoms with Crippen LogP contribution in [-0.4, -0.2) is 62.7 Å². The molecule has 2 atom stereocenters. The molecular weight excluding hydrogens is 459 g/mol. The van der Waals surface area contributed by atoms with Crippen molar-refractivity contribution in [2.24, 2.45) is 0 Å². The number of morpholine rings is 1. The van der Waals surface area contributed by atoms with E-state index in [1.165, 1.54) is 17.7 Å². The van der Waals surface area contributed by atoms with Crippen molar-refractivity contribution in [3.8, 4) is 11.5 Å². The fraction of sp³-hybridized carbons (Fsp3) is 0.345. The van der Waals surface area contributed by atoms with Gasteiger partial charge in [-0.05, 0) is 52.9 Å². The van der Waals surface area contributed by atoms with Crippen LogP contribution in [0.4, 0.5) is 4.39 Å². The highest BCUT2D eigenvalue weighted by atomic mass is 19.1. The molecule has 0 radical (unpaired) electrons. The van der Waals surface area contributed by atoms with Crippen LogP contribution in [0.3, 0.4) is 0 Å². The number of methoxy groups -OCH3 is 2. The summed E-state index contributed by atoms with van der Waals surface area (Å²) in [6.07, 6.45) is 0.556. The lowest BCUT2D eigenvalue weighted by molar-refractivity contribution is -0.140. The summed E-state index contributed by atoms with van der Waals surface area (Å²) in [6, 6.07) is 20.6. The number of benzene rings is 3. The van der Waals surface area contributed by atoms with E-state index in [1.807, 2.05) is 29.2 Å². The fourth-order valence-corrected chi connectivity index (χ4v) is 5.22. The summed E-state index contributed by atoms with van der Waals surface area (Å²) in [5.74, 6) is 1.18. The predicted octanol–water partition coefficient (Wildman–Crippen LogP) is 4.39. The molecular formula is C29H31FN2O4. The Morgan fingerprint density at radius 1 is 0.972 bits per heavy atom. The highest BCUT2D eigenvalue weighted by Gasteiger charge is 2.33. The van der Waals surface area contributed by atoms with Crippen molar-refractivity contribution in [2.45, 2.75) is 18.6 Å². The van der Waals surface area contributed by atoms with Crippen LogP contribution < -0.4 is 9.47 Å². The van der Waals surface area contributed by atoms with Crippen LogP contribution in [0.5, 0.6) is 11.5 Å². The second-order valence-corrected chi connectivity index (χ2v) is 9.19. The van der Waals surface area contributed by atoms with E-state index in [-0.39, 0.29) is 23.9 Å². The molecule has 0 aromatic heterocycles. The molecule has 0 spiro atoms. The van der Waals surface area contributed by atoms with Gasteiger partial charge in [-0.1, -0.05) is 42.5 Å². The summed E-state index contributed by atoms with van der Waals surface area (Å²) in [6.45, 7) is 2.50. The van der Waals surface area contributed by atoms with Gasteiger partial charge in [-0.25, -0.2) is 4.39 Å². The lowest BCUT2D eigenvalue weighted by atomic mass is 9.87. The Hall–Kier alpha value is -3.42. The van der Waals surface area contributed by atoms with Gasteiger partial charge in [0.1, 0.15) is 11.9 Å². The summed E-state index contributed by atoms with van der Waals surface area (Å²) in [5.41, 5.74) is 4.34. The molecule has 0 N–H and O–H groups in total. The lowest BCUT2D eigenvalue weighted by Gasteiger charge is -2.40. The van der Waals surface area contributed by atoms with Gasteiger partial charge in [0.15, 0.2) is 11.5 Å². The molecule has 2 aliphatic heterocycles. The highest BCUT2D eigenvalue weighted by molar-refractivity contribution is 5.78. The van der Waals surface area contributed by atoms with E-state index in [2.05, 4.69) is 23.1 Å². The van der Waals surface area contributed by atoms with Crippen molar-refractivity contribution in [1.82, 2.24) is 9.80 Å². The van der Waals surface area contributed by atoms with Crippen LogP contribution in [0.15, 0.2) is 66.7 Å². The van der Waals surface area contributed by atoms with Crippen LogP contribution in [0.2, 0.25) is 0 Å². The number of carbonyl (C=O) groups excluding carboxylic acids is 1. The molecule has 2 heterocycles. The van der Waals surface area contributed by atoms with Crippen LogP contribution in [0.25, 0.3) is 0 Å². The summed E-state index contributed by atoms with van der Waals surface area (Å²) in [4.78, 5) is 17.6. The second-order valence-electron chi connectivity index (χ2n) is 9.19. The molecule has 7 heteroatoms. The topological polar surface area (TPSA) is 51.2 Å². The number of nitrogens with zero attached hydrogens (tertiary/aromatic N) is 2. The third-order valence-corrected chi connectivity index (χ3v) is 7.09. The monoisotopic (exact) mass is 490 g/mol. The van der Waals surface area contributed by atoms with Gasteiger partial charge in [0, 0.05) is 13.1 Å². The summed E-state index contributed by atoms with van der Waals surface area (Å²) < 4.78 is 30.4. The van der Waals surface area contributed by atoms with E-state index in [0.29, 0.717) is 37.7 Å². The summed E-state index contributed by atoms with van der Waals surface area (Å²) in [7, 11) is 3.29. The minimum absolute atomic E-state index is 0.0651. The average Bonchev–Trinajstić information content (AvgIpc) is 2.93. The largest absolute Gasteiger partial charge is 0.493 e. The van der Waals surface area contributed by atoms with Gasteiger partial charge < -0.3 is 19.1 Å². The number of carbonyl (C=O) groups is 1. The Bertz CT molecular complexity index is 1200. The molecule has 0 bridgehead atoms. The molecule has 1 saturated heterocycles. The number of halogens is 1. The fourth-order valence-electron chi connectivity index (χ4n) is 5.22. The summed E-state index contributed by atoms with van der Waals surface area (Å²) >= 11 is 0. The van der Waals surface area contributed by atoms with Crippen molar-refractivity contribution in [3.63, 3.8) is 0 Å². The molecule has 0 aliphatic carbocycles. The first-order valence-corrected chi connectivity index (χ1v) is 12.3. The smallest absolute Gasteiger partial charge is 0.236 e.